The number of aromatic nitrogens is 1. The smallest absolute Gasteiger partial charge is 0.242 e. The molecule has 0 saturated carbocycles. The maximum atomic E-state index is 12.3. The number of aryl methyl sites for hydroxylation is 1. The van der Waals surface area contributed by atoms with E-state index in [1.54, 1.807) is 11.3 Å². The molecule has 1 aliphatic heterocycles. The monoisotopic (exact) mass is 301 g/mol. The first-order valence-corrected chi connectivity index (χ1v) is 8.09. The van der Waals surface area contributed by atoms with Crippen molar-refractivity contribution in [3.63, 3.8) is 0 Å². The maximum absolute atomic E-state index is 12.3. The number of amides is 1. The molecule has 0 bridgehead atoms. The number of carbonyl (C=O) groups excluding carboxylic acids is 1. The van der Waals surface area contributed by atoms with Crippen molar-refractivity contribution >= 4 is 17.2 Å². The molecular formula is C16H19N3OS. The predicted molar refractivity (Wildman–Crippen MR) is 84.3 cm³/mol. The van der Waals surface area contributed by atoms with Gasteiger partial charge in [0.05, 0.1) is 11.2 Å². The number of carbonyl (C=O) groups is 1. The number of nitrogens with one attached hydrogen (secondary N) is 1. The van der Waals surface area contributed by atoms with E-state index in [1.807, 2.05) is 42.8 Å². The minimum atomic E-state index is -0.173. The molecule has 1 aliphatic rings. The molecule has 1 aromatic heterocycles. The van der Waals surface area contributed by atoms with Gasteiger partial charge in [0.15, 0.2) is 0 Å². The molecule has 0 spiro atoms. The van der Waals surface area contributed by atoms with Gasteiger partial charge in [-0.2, -0.15) is 0 Å². The molecule has 0 aliphatic carbocycles. The number of benzene rings is 1. The van der Waals surface area contributed by atoms with Gasteiger partial charge in [0.25, 0.3) is 0 Å². The van der Waals surface area contributed by atoms with E-state index in [-0.39, 0.29) is 11.9 Å². The van der Waals surface area contributed by atoms with E-state index in [0.717, 1.165) is 37.3 Å². The van der Waals surface area contributed by atoms with Crippen LogP contribution in [0.4, 0.5) is 0 Å². The minimum absolute atomic E-state index is 0.105. The van der Waals surface area contributed by atoms with Crippen LogP contribution in [-0.2, 0) is 11.2 Å². The van der Waals surface area contributed by atoms with Crippen molar-refractivity contribution in [1.29, 1.82) is 0 Å². The molecule has 0 radical (unpaired) electrons. The summed E-state index contributed by atoms with van der Waals surface area (Å²) in [6.45, 7) is 4.55. The Bertz CT molecular complexity index is 611. The summed E-state index contributed by atoms with van der Waals surface area (Å²) in [4.78, 5) is 20.1. The highest BCUT2D eigenvalue weighted by atomic mass is 32.1. The summed E-state index contributed by atoms with van der Waals surface area (Å²) < 4.78 is 0. The summed E-state index contributed by atoms with van der Waals surface area (Å²) in [6, 6.07) is 9.84. The molecule has 4 nitrogen and oxygen atoms in total. The van der Waals surface area contributed by atoms with Crippen molar-refractivity contribution in [3.8, 4) is 0 Å². The second-order valence-electron chi connectivity index (χ2n) is 5.25. The predicted octanol–water partition coefficient (Wildman–Crippen LogP) is 2.17. The van der Waals surface area contributed by atoms with Crippen molar-refractivity contribution in [3.05, 3.63) is 52.0 Å². The fourth-order valence-corrected chi connectivity index (χ4v) is 3.53. The third kappa shape index (κ3) is 3.14. The number of nitrogens with zero attached hydrogens (tertiary/aromatic N) is 2. The first-order chi connectivity index (χ1) is 10.3. The zero-order valence-electron chi connectivity index (χ0n) is 12.1. The summed E-state index contributed by atoms with van der Waals surface area (Å²) in [5.74, 6) is 0.105. The summed E-state index contributed by atoms with van der Waals surface area (Å²) >= 11 is 1.70. The highest BCUT2D eigenvalue weighted by molar-refractivity contribution is 7.09. The molecule has 1 aromatic carbocycles. The minimum Gasteiger partial charge on any atom is -0.353 e. The molecule has 1 atom stereocenters. The molecule has 1 N–H and O–H groups in total. The largest absolute Gasteiger partial charge is 0.353 e. The van der Waals surface area contributed by atoms with E-state index in [1.165, 1.54) is 4.88 Å². The van der Waals surface area contributed by atoms with Crippen molar-refractivity contribution in [1.82, 2.24) is 15.2 Å². The van der Waals surface area contributed by atoms with Gasteiger partial charge in [-0.3, -0.25) is 9.69 Å². The number of hydrogen-bond donors (Lipinski definition) is 1. The summed E-state index contributed by atoms with van der Waals surface area (Å²) in [7, 11) is 0. The van der Waals surface area contributed by atoms with Crippen LogP contribution in [0, 0.1) is 6.92 Å². The number of thiazole rings is 1. The molecule has 1 fully saturated rings. The Morgan fingerprint density at radius 1 is 1.38 bits per heavy atom. The molecule has 2 heterocycles. The fraction of sp³-hybridized carbons (Fsp3) is 0.375. The van der Waals surface area contributed by atoms with Crippen LogP contribution in [0.25, 0.3) is 0 Å². The van der Waals surface area contributed by atoms with Gasteiger partial charge in [-0.15, -0.1) is 11.3 Å². The fourth-order valence-electron chi connectivity index (χ4n) is 2.76. The van der Waals surface area contributed by atoms with Gasteiger partial charge >= 0.3 is 0 Å². The molecule has 3 rings (SSSR count). The van der Waals surface area contributed by atoms with Crippen LogP contribution in [0.3, 0.4) is 0 Å². The molecule has 5 heteroatoms. The third-order valence-electron chi connectivity index (χ3n) is 3.90. The van der Waals surface area contributed by atoms with Gasteiger partial charge in [-0.25, -0.2) is 4.98 Å². The molecule has 1 amide bonds. The maximum Gasteiger partial charge on any atom is 0.242 e. The number of rotatable bonds is 4. The Kier molecular flexibility index (Phi) is 4.31. The van der Waals surface area contributed by atoms with Crippen molar-refractivity contribution in [2.24, 2.45) is 0 Å². The lowest BCUT2D eigenvalue weighted by Crippen LogP contribution is -2.50. The van der Waals surface area contributed by atoms with Crippen LogP contribution in [0.5, 0.6) is 0 Å². The number of hydrogen-bond acceptors (Lipinski definition) is 4. The van der Waals surface area contributed by atoms with Crippen LogP contribution < -0.4 is 5.32 Å². The van der Waals surface area contributed by atoms with Crippen LogP contribution in [0.2, 0.25) is 0 Å². The summed E-state index contributed by atoms with van der Waals surface area (Å²) in [5, 5.41) is 2.97. The lowest BCUT2D eigenvalue weighted by molar-refractivity contribution is -0.129. The zero-order valence-corrected chi connectivity index (χ0v) is 12.9. The first kappa shape index (κ1) is 14.2. The molecule has 110 valence electrons. The summed E-state index contributed by atoms with van der Waals surface area (Å²) in [6.07, 6.45) is 0.952. The Morgan fingerprint density at radius 2 is 2.19 bits per heavy atom. The van der Waals surface area contributed by atoms with E-state index >= 15 is 0 Å². The lowest BCUT2D eigenvalue weighted by Gasteiger charge is -2.35. The highest BCUT2D eigenvalue weighted by Crippen LogP contribution is 2.24. The molecule has 21 heavy (non-hydrogen) atoms. The van der Waals surface area contributed by atoms with Crippen LogP contribution in [0.15, 0.2) is 35.8 Å². The Labute approximate surface area is 128 Å². The van der Waals surface area contributed by atoms with Crippen LogP contribution in [-0.4, -0.2) is 35.4 Å². The van der Waals surface area contributed by atoms with Gasteiger partial charge in [-0.05, 0) is 18.9 Å². The van der Waals surface area contributed by atoms with Crippen molar-refractivity contribution in [2.75, 3.05) is 19.6 Å². The second kappa shape index (κ2) is 6.37. The standard InChI is InChI=1S/C16H19N3OS/c1-12-14(21-11-18-12)7-9-19-10-8-17-16(20)15(19)13-5-3-2-4-6-13/h2-6,11,15H,7-10H2,1H3,(H,17,20). The SMILES string of the molecule is Cc1ncsc1CCN1CCNC(=O)C1c1ccccc1. The van der Waals surface area contributed by atoms with Crippen LogP contribution >= 0.6 is 11.3 Å². The molecule has 1 saturated heterocycles. The first-order valence-electron chi connectivity index (χ1n) is 7.21. The summed E-state index contributed by atoms with van der Waals surface area (Å²) in [5.41, 5.74) is 4.07. The average Bonchev–Trinajstić information content (AvgIpc) is 2.91. The van der Waals surface area contributed by atoms with Gasteiger partial charge in [0.1, 0.15) is 6.04 Å². The topological polar surface area (TPSA) is 45.2 Å². The molecular weight excluding hydrogens is 282 g/mol. The van der Waals surface area contributed by atoms with Crippen molar-refractivity contribution in [2.45, 2.75) is 19.4 Å². The van der Waals surface area contributed by atoms with E-state index < -0.39 is 0 Å². The van der Waals surface area contributed by atoms with Crippen molar-refractivity contribution < 1.29 is 4.79 Å². The zero-order chi connectivity index (χ0) is 14.7. The van der Waals surface area contributed by atoms with Gasteiger partial charge in [0.2, 0.25) is 5.91 Å². The van der Waals surface area contributed by atoms with Gasteiger partial charge in [0, 0.05) is 24.5 Å². The van der Waals surface area contributed by atoms with E-state index in [0.29, 0.717) is 0 Å². The Balaban J connectivity index is 1.75. The normalized spacial score (nSPS) is 19.5. The van der Waals surface area contributed by atoms with E-state index in [2.05, 4.69) is 15.2 Å². The molecule has 1 unspecified atom stereocenters. The van der Waals surface area contributed by atoms with E-state index in [9.17, 15) is 4.79 Å². The average molecular weight is 301 g/mol. The van der Waals surface area contributed by atoms with E-state index in [4.69, 9.17) is 0 Å². The second-order valence-corrected chi connectivity index (χ2v) is 6.19. The van der Waals surface area contributed by atoms with Gasteiger partial charge < -0.3 is 5.32 Å². The quantitative estimate of drug-likeness (QED) is 0.941. The molecule has 2 aromatic rings. The highest BCUT2D eigenvalue weighted by Gasteiger charge is 2.30. The third-order valence-corrected chi connectivity index (χ3v) is 4.89. The van der Waals surface area contributed by atoms with Gasteiger partial charge in [-0.1, -0.05) is 30.3 Å². The van der Waals surface area contributed by atoms with Crippen LogP contribution in [0.1, 0.15) is 22.2 Å². The lowest BCUT2D eigenvalue weighted by atomic mass is 10.0. The number of piperazine rings is 1. The Morgan fingerprint density at radius 3 is 2.90 bits per heavy atom. The Hall–Kier alpha value is -1.72.